The van der Waals surface area contributed by atoms with Crippen LogP contribution in [-0.4, -0.2) is 35.7 Å². The van der Waals surface area contributed by atoms with Crippen LogP contribution in [0.5, 0.6) is 0 Å². The van der Waals surface area contributed by atoms with Gasteiger partial charge in [-0.1, -0.05) is 25.7 Å². The van der Waals surface area contributed by atoms with Gasteiger partial charge in [-0.2, -0.15) is 0 Å². The summed E-state index contributed by atoms with van der Waals surface area (Å²) in [7, 11) is 0. The zero-order chi connectivity index (χ0) is 12.4. The Bertz CT molecular complexity index is 272. The predicted molar refractivity (Wildman–Crippen MR) is 74.5 cm³/mol. The number of piperidine rings is 1. The minimum Gasteiger partial charge on any atom is -0.396 e. The third-order valence-corrected chi connectivity index (χ3v) is 5.90. The second kappa shape index (κ2) is 5.50. The molecule has 3 aliphatic rings. The second-order valence-electron chi connectivity index (χ2n) is 7.09. The van der Waals surface area contributed by atoms with Crippen LogP contribution in [0.15, 0.2) is 0 Å². The molecule has 104 valence electrons. The number of hydrogen-bond donors (Lipinski definition) is 1. The molecule has 2 saturated carbocycles. The zero-order valence-electron chi connectivity index (χ0n) is 11.7. The van der Waals surface area contributed by atoms with E-state index in [1.807, 2.05) is 0 Å². The predicted octanol–water partition coefficient (Wildman–Crippen LogP) is 3.19. The molecule has 0 amide bonds. The molecule has 2 aliphatic carbocycles. The highest BCUT2D eigenvalue weighted by Gasteiger charge is 2.40. The van der Waals surface area contributed by atoms with Crippen molar-refractivity contribution in [2.24, 2.45) is 11.3 Å². The van der Waals surface area contributed by atoms with Crippen molar-refractivity contribution in [3.05, 3.63) is 0 Å². The largest absolute Gasteiger partial charge is 0.396 e. The first-order valence-corrected chi connectivity index (χ1v) is 8.18. The molecule has 0 aromatic carbocycles. The molecule has 2 nitrogen and oxygen atoms in total. The molecule has 1 heterocycles. The van der Waals surface area contributed by atoms with Gasteiger partial charge in [0.15, 0.2) is 0 Å². The van der Waals surface area contributed by atoms with Gasteiger partial charge in [0.2, 0.25) is 0 Å². The minimum absolute atomic E-state index is 0.253. The summed E-state index contributed by atoms with van der Waals surface area (Å²) in [4.78, 5) is 2.77. The maximum atomic E-state index is 9.89. The van der Waals surface area contributed by atoms with E-state index < -0.39 is 0 Å². The molecule has 3 rings (SSSR count). The highest BCUT2D eigenvalue weighted by Crippen LogP contribution is 2.41. The average molecular weight is 251 g/mol. The van der Waals surface area contributed by atoms with Crippen LogP contribution in [0, 0.1) is 11.3 Å². The molecule has 3 fully saturated rings. The fraction of sp³-hybridized carbons (Fsp3) is 1.00. The fourth-order valence-corrected chi connectivity index (χ4v) is 4.85. The van der Waals surface area contributed by atoms with Crippen LogP contribution in [0.25, 0.3) is 0 Å². The molecular formula is C16H29NO. The van der Waals surface area contributed by atoms with Crippen molar-refractivity contribution < 1.29 is 5.11 Å². The highest BCUT2D eigenvalue weighted by atomic mass is 16.3. The van der Waals surface area contributed by atoms with Gasteiger partial charge in [0, 0.05) is 24.6 Å². The Morgan fingerprint density at radius 3 is 2.50 bits per heavy atom. The van der Waals surface area contributed by atoms with Crippen LogP contribution in [0.2, 0.25) is 0 Å². The lowest BCUT2D eigenvalue weighted by molar-refractivity contribution is 0.00471. The standard InChI is InChI=1S/C16H29NO/c18-13-16(9-2-1-3-10-16)12-17-11-5-7-14-6-4-8-15(14)17/h14-15,18H,1-13H2. The summed E-state index contributed by atoms with van der Waals surface area (Å²) in [5.74, 6) is 0.984. The van der Waals surface area contributed by atoms with Gasteiger partial charge < -0.3 is 5.11 Å². The number of nitrogens with zero attached hydrogens (tertiary/aromatic N) is 1. The maximum absolute atomic E-state index is 9.89. The number of fused-ring (bicyclic) bond motifs is 1. The SMILES string of the molecule is OCC1(CN2CCCC3CCCC32)CCCCC1. The third-order valence-electron chi connectivity index (χ3n) is 5.90. The monoisotopic (exact) mass is 251 g/mol. The van der Waals surface area contributed by atoms with Crippen LogP contribution in [-0.2, 0) is 0 Å². The lowest BCUT2D eigenvalue weighted by atomic mass is 9.73. The van der Waals surface area contributed by atoms with Gasteiger partial charge in [0.25, 0.3) is 0 Å². The summed E-state index contributed by atoms with van der Waals surface area (Å²) in [6.07, 6.45) is 13.8. The molecule has 18 heavy (non-hydrogen) atoms. The van der Waals surface area contributed by atoms with E-state index in [-0.39, 0.29) is 5.41 Å². The number of likely N-dealkylation sites (tertiary alicyclic amines) is 1. The first-order chi connectivity index (χ1) is 8.83. The van der Waals surface area contributed by atoms with E-state index in [2.05, 4.69) is 4.90 Å². The molecule has 1 aliphatic heterocycles. The van der Waals surface area contributed by atoms with Gasteiger partial charge in [-0.15, -0.1) is 0 Å². The highest BCUT2D eigenvalue weighted by molar-refractivity contribution is 4.93. The van der Waals surface area contributed by atoms with Gasteiger partial charge in [-0.05, 0) is 51.0 Å². The number of hydrogen-bond acceptors (Lipinski definition) is 2. The van der Waals surface area contributed by atoms with E-state index in [0.29, 0.717) is 6.61 Å². The topological polar surface area (TPSA) is 23.5 Å². The maximum Gasteiger partial charge on any atom is 0.0499 e. The van der Waals surface area contributed by atoms with Crippen molar-refractivity contribution >= 4 is 0 Å². The van der Waals surface area contributed by atoms with Crippen LogP contribution in [0.1, 0.15) is 64.2 Å². The van der Waals surface area contributed by atoms with Crippen molar-refractivity contribution in [2.75, 3.05) is 19.7 Å². The molecule has 0 radical (unpaired) electrons. The van der Waals surface area contributed by atoms with E-state index in [1.54, 1.807) is 0 Å². The molecule has 2 unspecified atom stereocenters. The van der Waals surface area contributed by atoms with Crippen molar-refractivity contribution in [1.29, 1.82) is 0 Å². The number of aliphatic hydroxyl groups excluding tert-OH is 1. The van der Waals surface area contributed by atoms with Gasteiger partial charge in [-0.3, -0.25) is 4.90 Å². The zero-order valence-corrected chi connectivity index (χ0v) is 11.7. The summed E-state index contributed by atoms with van der Waals surface area (Å²) in [6.45, 7) is 2.90. The quantitative estimate of drug-likeness (QED) is 0.832. The molecule has 0 aromatic rings. The lowest BCUT2D eigenvalue weighted by Crippen LogP contribution is -2.49. The summed E-state index contributed by atoms with van der Waals surface area (Å²) in [5, 5.41) is 9.89. The van der Waals surface area contributed by atoms with Crippen LogP contribution < -0.4 is 0 Å². The molecule has 0 bridgehead atoms. The molecule has 1 saturated heterocycles. The molecule has 1 N–H and O–H groups in total. The Hall–Kier alpha value is -0.0800. The second-order valence-corrected chi connectivity index (χ2v) is 7.09. The Morgan fingerprint density at radius 1 is 0.944 bits per heavy atom. The Balaban J connectivity index is 1.66. The van der Waals surface area contributed by atoms with E-state index in [4.69, 9.17) is 0 Å². The fourth-order valence-electron chi connectivity index (χ4n) is 4.85. The van der Waals surface area contributed by atoms with Crippen molar-refractivity contribution in [3.63, 3.8) is 0 Å². The summed E-state index contributed by atoms with van der Waals surface area (Å²) in [5.41, 5.74) is 0.253. The molecule has 2 heteroatoms. The average Bonchev–Trinajstić information content (AvgIpc) is 2.89. The van der Waals surface area contributed by atoms with E-state index in [0.717, 1.165) is 12.0 Å². The van der Waals surface area contributed by atoms with Gasteiger partial charge >= 0.3 is 0 Å². The van der Waals surface area contributed by atoms with Crippen LogP contribution in [0.4, 0.5) is 0 Å². The summed E-state index contributed by atoms with van der Waals surface area (Å²) in [6, 6.07) is 0.865. The molecule has 2 atom stereocenters. The summed E-state index contributed by atoms with van der Waals surface area (Å²) < 4.78 is 0. The van der Waals surface area contributed by atoms with E-state index in [9.17, 15) is 5.11 Å². The van der Waals surface area contributed by atoms with Crippen molar-refractivity contribution in [2.45, 2.75) is 70.3 Å². The van der Waals surface area contributed by atoms with Crippen LogP contribution in [0.3, 0.4) is 0 Å². The number of aliphatic hydroxyl groups is 1. The smallest absolute Gasteiger partial charge is 0.0499 e. The minimum atomic E-state index is 0.253. The van der Waals surface area contributed by atoms with Gasteiger partial charge in [0.1, 0.15) is 0 Å². The number of rotatable bonds is 3. The Kier molecular flexibility index (Phi) is 3.95. The van der Waals surface area contributed by atoms with Crippen molar-refractivity contribution in [3.8, 4) is 0 Å². The normalized spacial score (nSPS) is 36.5. The van der Waals surface area contributed by atoms with Gasteiger partial charge in [-0.25, -0.2) is 0 Å². The lowest BCUT2D eigenvalue weighted by Gasteiger charge is -2.45. The third kappa shape index (κ3) is 2.46. The first-order valence-electron chi connectivity index (χ1n) is 8.18. The van der Waals surface area contributed by atoms with Crippen molar-refractivity contribution in [1.82, 2.24) is 4.90 Å². The van der Waals surface area contributed by atoms with E-state index >= 15 is 0 Å². The van der Waals surface area contributed by atoms with Gasteiger partial charge in [0.05, 0.1) is 0 Å². The Morgan fingerprint density at radius 2 is 1.72 bits per heavy atom. The van der Waals surface area contributed by atoms with E-state index in [1.165, 1.54) is 77.3 Å². The first kappa shape index (κ1) is 12.9. The molecular weight excluding hydrogens is 222 g/mol. The molecule has 0 aromatic heterocycles. The van der Waals surface area contributed by atoms with Crippen LogP contribution >= 0.6 is 0 Å². The summed E-state index contributed by atoms with van der Waals surface area (Å²) >= 11 is 0. The molecule has 0 spiro atoms. The Labute approximate surface area is 112 Å².